The number of carbonyl (C=O) groups excluding carboxylic acids is 4. The zero-order valence-corrected chi connectivity index (χ0v) is 15.3. The van der Waals surface area contributed by atoms with Gasteiger partial charge < -0.3 is 15.0 Å². The van der Waals surface area contributed by atoms with E-state index >= 15 is 0 Å². The molecule has 8 nitrogen and oxygen atoms in total. The van der Waals surface area contributed by atoms with Crippen LogP contribution in [0, 0.1) is 0 Å². The van der Waals surface area contributed by atoms with Crippen LogP contribution in [0.3, 0.4) is 0 Å². The quantitative estimate of drug-likeness (QED) is 0.730. The lowest BCUT2D eigenvalue weighted by Gasteiger charge is -2.32. The number of rotatable bonds is 6. The summed E-state index contributed by atoms with van der Waals surface area (Å²) in [6, 6.07) is 6.48. The summed E-state index contributed by atoms with van der Waals surface area (Å²) in [5, 5.41) is 2.87. The van der Waals surface area contributed by atoms with Crippen molar-refractivity contribution in [1.82, 2.24) is 15.1 Å². The summed E-state index contributed by atoms with van der Waals surface area (Å²) in [6.07, 6.45) is 1.65. The van der Waals surface area contributed by atoms with Crippen molar-refractivity contribution in [2.24, 2.45) is 0 Å². The lowest BCUT2D eigenvalue weighted by Crippen LogP contribution is -2.49. The number of nitrogens with zero attached hydrogens (tertiary/aromatic N) is 2. The topological polar surface area (TPSA) is 96.0 Å². The predicted octanol–water partition coefficient (Wildman–Crippen LogP) is 0.426. The third-order valence-electron chi connectivity index (χ3n) is 4.91. The van der Waals surface area contributed by atoms with Gasteiger partial charge >= 0.3 is 0 Å². The van der Waals surface area contributed by atoms with E-state index in [-0.39, 0.29) is 24.4 Å². The highest BCUT2D eigenvalue weighted by atomic mass is 16.5. The molecule has 1 aromatic rings. The van der Waals surface area contributed by atoms with Crippen molar-refractivity contribution in [3.8, 4) is 0 Å². The van der Waals surface area contributed by atoms with Crippen molar-refractivity contribution in [3.63, 3.8) is 0 Å². The van der Waals surface area contributed by atoms with Crippen molar-refractivity contribution < 1.29 is 23.9 Å². The summed E-state index contributed by atoms with van der Waals surface area (Å²) in [6.45, 7) is 1.25. The van der Waals surface area contributed by atoms with E-state index in [0.717, 1.165) is 4.90 Å². The number of methoxy groups -OCH3 is 1. The average molecular weight is 373 g/mol. The van der Waals surface area contributed by atoms with Gasteiger partial charge in [-0.2, -0.15) is 0 Å². The number of imide groups is 1. The third kappa shape index (κ3) is 4.16. The molecule has 0 aromatic heterocycles. The minimum atomic E-state index is -0.440. The van der Waals surface area contributed by atoms with Crippen LogP contribution in [-0.2, 0) is 14.3 Å². The molecule has 0 aliphatic carbocycles. The Bertz CT molecular complexity index is 720. The summed E-state index contributed by atoms with van der Waals surface area (Å²) in [5.74, 6) is -1.20. The average Bonchev–Trinajstić information content (AvgIpc) is 2.92. The van der Waals surface area contributed by atoms with Gasteiger partial charge in [-0.05, 0) is 25.0 Å². The fourth-order valence-electron chi connectivity index (χ4n) is 3.42. The molecule has 0 bridgehead atoms. The van der Waals surface area contributed by atoms with Crippen LogP contribution in [-0.4, -0.2) is 72.8 Å². The van der Waals surface area contributed by atoms with Gasteiger partial charge in [-0.15, -0.1) is 0 Å². The molecule has 1 fully saturated rings. The van der Waals surface area contributed by atoms with Crippen LogP contribution in [0.1, 0.15) is 40.0 Å². The van der Waals surface area contributed by atoms with Gasteiger partial charge in [0.15, 0.2) is 0 Å². The number of hydrogen-bond donors (Lipinski definition) is 1. The monoisotopic (exact) mass is 373 g/mol. The number of piperidine rings is 1. The molecule has 0 atom stereocenters. The van der Waals surface area contributed by atoms with Crippen molar-refractivity contribution >= 4 is 23.6 Å². The normalized spacial score (nSPS) is 17.2. The van der Waals surface area contributed by atoms with E-state index in [4.69, 9.17) is 4.74 Å². The maximum Gasteiger partial charge on any atom is 0.262 e. The van der Waals surface area contributed by atoms with E-state index in [0.29, 0.717) is 50.1 Å². The Morgan fingerprint density at radius 1 is 1.11 bits per heavy atom. The first-order valence-electron chi connectivity index (χ1n) is 9.02. The van der Waals surface area contributed by atoms with E-state index in [9.17, 15) is 19.2 Å². The van der Waals surface area contributed by atoms with Crippen molar-refractivity contribution in [1.29, 1.82) is 0 Å². The van der Waals surface area contributed by atoms with Gasteiger partial charge in [0.2, 0.25) is 11.8 Å². The van der Waals surface area contributed by atoms with Gasteiger partial charge in [-0.1, -0.05) is 12.1 Å². The van der Waals surface area contributed by atoms with Crippen LogP contribution in [0.5, 0.6) is 0 Å². The molecule has 2 aliphatic heterocycles. The van der Waals surface area contributed by atoms with Crippen LogP contribution in [0.2, 0.25) is 0 Å². The largest absolute Gasteiger partial charge is 0.384 e. The molecule has 27 heavy (non-hydrogen) atoms. The van der Waals surface area contributed by atoms with Crippen LogP contribution >= 0.6 is 0 Å². The smallest absolute Gasteiger partial charge is 0.262 e. The summed E-state index contributed by atoms with van der Waals surface area (Å²) in [4.78, 5) is 51.6. The Morgan fingerprint density at radius 2 is 1.70 bits per heavy atom. The molecular weight excluding hydrogens is 350 g/mol. The molecule has 0 radical (unpaired) electrons. The molecule has 2 aliphatic rings. The van der Waals surface area contributed by atoms with Gasteiger partial charge in [0.05, 0.1) is 24.2 Å². The number of benzene rings is 1. The fraction of sp³-hybridized carbons (Fsp3) is 0.474. The zero-order valence-electron chi connectivity index (χ0n) is 15.3. The highest BCUT2D eigenvalue weighted by Crippen LogP contribution is 2.22. The summed E-state index contributed by atoms with van der Waals surface area (Å²) < 4.78 is 4.92. The number of amides is 4. The summed E-state index contributed by atoms with van der Waals surface area (Å²) >= 11 is 0. The standard InChI is InChI=1S/C19H23N3O5/c1-27-11-8-17(24)21-9-6-13(7-10-21)20-16(23)12-22-18(25)14-4-2-3-5-15(14)19(22)26/h2-5,13H,6-12H2,1H3,(H,20,23). The molecule has 1 aromatic carbocycles. The SMILES string of the molecule is COCCC(=O)N1CCC(NC(=O)CN2C(=O)c3ccccc3C2=O)CC1. The molecule has 1 N–H and O–H groups in total. The maximum absolute atomic E-state index is 12.3. The Balaban J connectivity index is 1.48. The van der Waals surface area contributed by atoms with Gasteiger partial charge in [0.25, 0.3) is 11.8 Å². The minimum Gasteiger partial charge on any atom is -0.384 e. The summed E-state index contributed by atoms with van der Waals surface area (Å²) in [5.41, 5.74) is 0.663. The number of hydrogen-bond acceptors (Lipinski definition) is 5. The zero-order chi connectivity index (χ0) is 19.4. The molecule has 8 heteroatoms. The molecule has 2 heterocycles. The van der Waals surface area contributed by atoms with Crippen molar-refractivity contribution in [2.45, 2.75) is 25.3 Å². The first kappa shape index (κ1) is 19.0. The maximum atomic E-state index is 12.3. The lowest BCUT2D eigenvalue weighted by atomic mass is 10.0. The first-order chi connectivity index (χ1) is 13.0. The molecule has 0 unspecified atom stereocenters. The highest BCUT2D eigenvalue weighted by Gasteiger charge is 2.36. The fourth-order valence-corrected chi connectivity index (χ4v) is 3.42. The van der Waals surface area contributed by atoms with E-state index in [1.54, 1.807) is 36.3 Å². The summed E-state index contributed by atoms with van der Waals surface area (Å²) in [7, 11) is 1.56. The molecule has 0 saturated carbocycles. The molecule has 4 amide bonds. The van der Waals surface area contributed by atoms with Crippen LogP contribution < -0.4 is 5.32 Å². The third-order valence-corrected chi connectivity index (χ3v) is 4.91. The Kier molecular flexibility index (Phi) is 5.85. The highest BCUT2D eigenvalue weighted by molar-refractivity contribution is 6.22. The molecule has 144 valence electrons. The van der Waals surface area contributed by atoms with Crippen LogP contribution in [0.4, 0.5) is 0 Å². The first-order valence-corrected chi connectivity index (χ1v) is 9.02. The molecular formula is C19H23N3O5. The van der Waals surface area contributed by atoms with E-state index in [2.05, 4.69) is 5.32 Å². The van der Waals surface area contributed by atoms with Crippen LogP contribution in [0.15, 0.2) is 24.3 Å². The number of carbonyl (C=O) groups is 4. The van der Waals surface area contributed by atoms with E-state index < -0.39 is 11.8 Å². The second-order valence-corrected chi connectivity index (χ2v) is 6.71. The number of fused-ring (bicyclic) bond motifs is 1. The van der Waals surface area contributed by atoms with Gasteiger partial charge in [-0.3, -0.25) is 24.1 Å². The second-order valence-electron chi connectivity index (χ2n) is 6.71. The van der Waals surface area contributed by atoms with Gasteiger partial charge in [-0.25, -0.2) is 0 Å². The Morgan fingerprint density at radius 3 is 2.26 bits per heavy atom. The van der Waals surface area contributed by atoms with Crippen LogP contribution in [0.25, 0.3) is 0 Å². The van der Waals surface area contributed by atoms with Crippen molar-refractivity contribution in [3.05, 3.63) is 35.4 Å². The number of nitrogens with one attached hydrogen (secondary N) is 1. The lowest BCUT2D eigenvalue weighted by molar-refractivity contribution is -0.133. The molecule has 3 rings (SSSR count). The molecule has 1 saturated heterocycles. The second kappa shape index (κ2) is 8.30. The van der Waals surface area contributed by atoms with Gasteiger partial charge in [0, 0.05) is 26.2 Å². The van der Waals surface area contributed by atoms with Crippen molar-refractivity contribution in [2.75, 3.05) is 33.4 Å². The minimum absolute atomic E-state index is 0.0488. The van der Waals surface area contributed by atoms with E-state index in [1.807, 2.05) is 0 Å². The number of likely N-dealkylation sites (tertiary alicyclic amines) is 1. The molecule has 0 spiro atoms. The predicted molar refractivity (Wildman–Crippen MR) is 96.0 cm³/mol. The van der Waals surface area contributed by atoms with Gasteiger partial charge in [0.1, 0.15) is 6.54 Å². The van der Waals surface area contributed by atoms with E-state index in [1.165, 1.54) is 0 Å². The number of ether oxygens (including phenoxy) is 1. The Labute approximate surface area is 157 Å². The Hall–Kier alpha value is -2.74.